The van der Waals surface area contributed by atoms with Crippen molar-refractivity contribution in [3.8, 4) is 11.5 Å². The van der Waals surface area contributed by atoms with Gasteiger partial charge in [-0.05, 0) is 42.5 Å². The molecule has 0 saturated carbocycles. The lowest BCUT2D eigenvalue weighted by Gasteiger charge is -2.10. The minimum Gasteiger partial charge on any atom is -0.497 e. The zero-order chi connectivity index (χ0) is 18.2. The fourth-order valence-corrected chi connectivity index (χ4v) is 2.40. The van der Waals surface area contributed by atoms with Crippen LogP contribution in [0, 0.1) is 0 Å². The summed E-state index contributed by atoms with van der Waals surface area (Å²) >= 11 is 6.14. The molecule has 0 saturated heterocycles. The van der Waals surface area contributed by atoms with Gasteiger partial charge in [-0.3, -0.25) is 0 Å². The Morgan fingerprint density at radius 2 is 1.77 bits per heavy atom. The van der Waals surface area contributed by atoms with Crippen LogP contribution in [0.15, 0.2) is 60.8 Å². The van der Waals surface area contributed by atoms with Crippen LogP contribution in [0.2, 0.25) is 5.02 Å². The smallest absolute Gasteiger partial charge is 0.229 e. The minimum absolute atomic E-state index is 0.471. The second kappa shape index (κ2) is 8.92. The normalized spacial score (nSPS) is 10.2. The summed E-state index contributed by atoms with van der Waals surface area (Å²) in [6.07, 6.45) is 1.68. The molecule has 0 radical (unpaired) electrons. The summed E-state index contributed by atoms with van der Waals surface area (Å²) < 4.78 is 10.8. The first-order valence-electron chi connectivity index (χ1n) is 8.10. The highest BCUT2D eigenvalue weighted by atomic mass is 35.5. The maximum Gasteiger partial charge on any atom is 0.229 e. The Labute approximate surface area is 157 Å². The molecule has 0 fully saturated rings. The number of benzene rings is 2. The Bertz CT molecular complexity index is 843. The minimum atomic E-state index is 0.471. The lowest BCUT2D eigenvalue weighted by atomic mass is 10.3. The summed E-state index contributed by atoms with van der Waals surface area (Å²) in [6.45, 7) is 1.11. The predicted molar refractivity (Wildman–Crippen MR) is 104 cm³/mol. The number of rotatable bonds is 8. The standard InChI is InChI=1S/C19H19ClN4O2/c1-25-14-6-8-15(9-7-14)26-13-12-21-18-10-11-22-19(24-18)23-17-5-3-2-4-16(17)20/h2-11H,12-13H2,1H3,(H2,21,22,23,24). The van der Waals surface area contributed by atoms with Gasteiger partial charge >= 0.3 is 0 Å². The molecule has 134 valence electrons. The molecule has 7 heteroatoms. The average Bonchev–Trinajstić information content (AvgIpc) is 2.68. The van der Waals surface area contributed by atoms with Crippen LogP contribution in [0.4, 0.5) is 17.5 Å². The number of halogens is 1. The first-order chi connectivity index (χ1) is 12.7. The van der Waals surface area contributed by atoms with Crippen LogP contribution in [-0.2, 0) is 0 Å². The molecule has 0 aliphatic rings. The molecule has 1 heterocycles. The van der Waals surface area contributed by atoms with E-state index in [1.54, 1.807) is 19.4 Å². The van der Waals surface area contributed by atoms with E-state index >= 15 is 0 Å². The number of hydrogen-bond donors (Lipinski definition) is 2. The van der Waals surface area contributed by atoms with E-state index in [1.165, 1.54) is 0 Å². The summed E-state index contributed by atoms with van der Waals surface area (Å²) in [7, 11) is 1.64. The van der Waals surface area contributed by atoms with Crippen molar-refractivity contribution in [1.82, 2.24) is 9.97 Å². The predicted octanol–water partition coefficient (Wildman–Crippen LogP) is 4.37. The average molecular weight is 371 g/mol. The number of nitrogens with one attached hydrogen (secondary N) is 2. The topological polar surface area (TPSA) is 68.3 Å². The molecule has 0 atom stereocenters. The zero-order valence-electron chi connectivity index (χ0n) is 14.3. The van der Waals surface area contributed by atoms with Gasteiger partial charge in [-0.25, -0.2) is 4.98 Å². The van der Waals surface area contributed by atoms with Crippen LogP contribution in [0.1, 0.15) is 0 Å². The second-order valence-electron chi connectivity index (χ2n) is 5.32. The third kappa shape index (κ3) is 5.00. The van der Waals surface area contributed by atoms with Gasteiger partial charge in [0.1, 0.15) is 23.9 Å². The summed E-state index contributed by atoms with van der Waals surface area (Å²) in [5.41, 5.74) is 0.758. The van der Waals surface area contributed by atoms with Crippen LogP contribution in [0.5, 0.6) is 11.5 Å². The van der Waals surface area contributed by atoms with Crippen molar-refractivity contribution in [2.45, 2.75) is 0 Å². The Hall–Kier alpha value is -2.99. The van der Waals surface area contributed by atoms with Gasteiger partial charge < -0.3 is 20.1 Å². The number of hydrogen-bond acceptors (Lipinski definition) is 6. The highest BCUT2D eigenvalue weighted by molar-refractivity contribution is 6.33. The molecule has 26 heavy (non-hydrogen) atoms. The highest BCUT2D eigenvalue weighted by Crippen LogP contribution is 2.23. The van der Waals surface area contributed by atoms with Crippen molar-refractivity contribution >= 4 is 29.1 Å². The summed E-state index contributed by atoms with van der Waals surface area (Å²) in [5, 5.41) is 6.92. The van der Waals surface area contributed by atoms with E-state index in [4.69, 9.17) is 21.1 Å². The number of ether oxygens (including phenoxy) is 2. The van der Waals surface area contributed by atoms with Gasteiger partial charge in [-0.1, -0.05) is 23.7 Å². The molecule has 0 aliphatic carbocycles. The van der Waals surface area contributed by atoms with Gasteiger partial charge in [0.15, 0.2) is 0 Å². The Balaban J connectivity index is 1.50. The zero-order valence-corrected chi connectivity index (χ0v) is 15.0. The van der Waals surface area contributed by atoms with Crippen molar-refractivity contribution in [2.75, 3.05) is 30.9 Å². The molecular weight excluding hydrogens is 352 g/mol. The number of anilines is 3. The molecule has 2 aromatic carbocycles. The van der Waals surface area contributed by atoms with E-state index in [0.717, 1.165) is 17.2 Å². The Kier molecular flexibility index (Phi) is 6.11. The van der Waals surface area contributed by atoms with E-state index in [9.17, 15) is 0 Å². The van der Waals surface area contributed by atoms with Crippen LogP contribution in [-0.4, -0.2) is 30.2 Å². The van der Waals surface area contributed by atoms with E-state index in [2.05, 4.69) is 20.6 Å². The maximum atomic E-state index is 6.14. The van der Waals surface area contributed by atoms with Crippen molar-refractivity contribution in [3.05, 3.63) is 65.8 Å². The van der Waals surface area contributed by atoms with Gasteiger partial charge in [0.05, 0.1) is 24.4 Å². The number of methoxy groups -OCH3 is 1. The maximum absolute atomic E-state index is 6.14. The van der Waals surface area contributed by atoms with Crippen molar-refractivity contribution in [1.29, 1.82) is 0 Å². The van der Waals surface area contributed by atoms with E-state index in [0.29, 0.717) is 29.9 Å². The fourth-order valence-electron chi connectivity index (χ4n) is 2.22. The number of nitrogens with zero attached hydrogens (tertiary/aromatic N) is 2. The van der Waals surface area contributed by atoms with Crippen LogP contribution in [0.3, 0.4) is 0 Å². The summed E-state index contributed by atoms with van der Waals surface area (Å²) in [6, 6.07) is 16.7. The van der Waals surface area contributed by atoms with Gasteiger partial charge in [-0.2, -0.15) is 4.98 Å². The van der Waals surface area contributed by atoms with E-state index < -0.39 is 0 Å². The molecule has 2 N–H and O–H groups in total. The lowest BCUT2D eigenvalue weighted by molar-refractivity contribution is 0.331. The third-order valence-corrected chi connectivity index (χ3v) is 3.84. The van der Waals surface area contributed by atoms with Crippen LogP contribution in [0.25, 0.3) is 0 Å². The molecule has 0 amide bonds. The van der Waals surface area contributed by atoms with Gasteiger partial charge in [0.2, 0.25) is 5.95 Å². The lowest BCUT2D eigenvalue weighted by Crippen LogP contribution is -2.13. The molecule has 1 aromatic heterocycles. The van der Waals surface area contributed by atoms with Crippen LogP contribution < -0.4 is 20.1 Å². The Morgan fingerprint density at radius 1 is 1.00 bits per heavy atom. The van der Waals surface area contributed by atoms with Crippen molar-refractivity contribution in [3.63, 3.8) is 0 Å². The second-order valence-corrected chi connectivity index (χ2v) is 5.73. The molecule has 6 nitrogen and oxygen atoms in total. The summed E-state index contributed by atoms with van der Waals surface area (Å²) in [5.74, 6) is 2.76. The van der Waals surface area contributed by atoms with E-state index in [-0.39, 0.29) is 0 Å². The fraction of sp³-hybridized carbons (Fsp3) is 0.158. The molecule has 0 unspecified atom stereocenters. The van der Waals surface area contributed by atoms with Crippen LogP contribution >= 0.6 is 11.6 Å². The highest BCUT2D eigenvalue weighted by Gasteiger charge is 2.03. The monoisotopic (exact) mass is 370 g/mol. The number of para-hydroxylation sites is 1. The Morgan fingerprint density at radius 3 is 2.54 bits per heavy atom. The third-order valence-electron chi connectivity index (χ3n) is 3.51. The number of aromatic nitrogens is 2. The van der Waals surface area contributed by atoms with Crippen molar-refractivity contribution in [2.24, 2.45) is 0 Å². The molecule has 3 aromatic rings. The van der Waals surface area contributed by atoms with E-state index in [1.807, 2.05) is 48.5 Å². The van der Waals surface area contributed by atoms with Crippen molar-refractivity contribution < 1.29 is 9.47 Å². The molecule has 0 spiro atoms. The molecule has 0 aliphatic heterocycles. The van der Waals surface area contributed by atoms with Gasteiger partial charge in [0, 0.05) is 6.20 Å². The first kappa shape index (κ1) is 17.8. The molecule has 0 bridgehead atoms. The molecule has 3 rings (SSSR count). The SMILES string of the molecule is COc1ccc(OCCNc2ccnc(Nc3ccccc3Cl)n2)cc1. The molecular formula is C19H19ClN4O2. The van der Waals surface area contributed by atoms with Gasteiger partial charge in [0.25, 0.3) is 0 Å². The summed E-state index contributed by atoms with van der Waals surface area (Å²) in [4.78, 5) is 8.62. The quantitative estimate of drug-likeness (QED) is 0.574. The van der Waals surface area contributed by atoms with Gasteiger partial charge in [-0.15, -0.1) is 0 Å². The largest absolute Gasteiger partial charge is 0.497 e. The first-order valence-corrected chi connectivity index (χ1v) is 8.48.